The van der Waals surface area contributed by atoms with Gasteiger partial charge in [0.15, 0.2) is 0 Å². The molecule has 0 bridgehead atoms. The second-order valence-corrected chi connectivity index (χ2v) is 4.46. The first-order valence-corrected chi connectivity index (χ1v) is 5.92. The van der Waals surface area contributed by atoms with Crippen molar-refractivity contribution in [3.63, 3.8) is 0 Å². The smallest absolute Gasteiger partial charge is 0.00291 e. The highest BCUT2D eigenvalue weighted by atomic mass is 14.3. The minimum absolute atomic E-state index is 1.14. The van der Waals surface area contributed by atoms with E-state index in [4.69, 9.17) is 0 Å². The van der Waals surface area contributed by atoms with E-state index >= 15 is 0 Å². The van der Waals surface area contributed by atoms with E-state index in [1.54, 1.807) is 16.7 Å². The fourth-order valence-electron chi connectivity index (χ4n) is 2.61. The largest absolute Gasteiger partial charge is 0.0952 e. The summed E-state index contributed by atoms with van der Waals surface area (Å²) in [4.78, 5) is 0. The van der Waals surface area contributed by atoms with Crippen LogP contribution in [0.1, 0.15) is 51.9 Å². The van der Waals surface area contributed by atoms with Gasteiger partial charge in [-0.05, 0) is 60.8 Å². The van der Waals surface area contributed by atoms with Crippen LogP contribution in [0, 0.1) is 0 Å². The monoisotopic (exact) mass is 188 g/mol. The van der Waals surface area contributed by atoms with Crippen LogP contribution >= 0.6 is 0 Å². The van der Waals surface area contributed by atoms with Crippen LogP contribution in [-0.2, 0) is 0 Å². The Labute approximate surface area is 87.4 Å². The normalized spacial score (nSPS) is 24.6. The van der Waals surface area contributed by atoms with Crippen LogP contribution in [0.3, 0.4) is 0 Å². The molecule has 2 aliphatic rings. The summed E-state index contributed by atoms with van der Waals surface area (Å²) >= 11 is 0. The molecule has 0 unspecified atom stereocenters. The average molecular weight is 188 g/mol. The molecule has 0 aromatic heterocycles. The summed E-state index contributed by atoms with van der Waals surface area (Å²) in [5.74, 6) is 0. The quantitative estimate of drug-likeness (QED) is 0.596. The summed E-state index contributed by atoms with van der Waals surface area (Å²) < 4.78 is 0. The molecule has 0 saturated heterocycles. The van der Waals surface area contributed by atoms with E-state index in [2.05, 4.69) is 19.6 Å². The molecule has 2 aliphatic carbocycles. The summed E-state index contributed by atoms with van der Waals surface area (Å²) in [5.41, 5.74) is 6.28. The van der Waals surface area contributed by atoms with Gasteiger partial charge in [0.05, 0.1) is 0 Å². The summed E-state index contributed by atoms with van der Waals surface area (Å²) in [5, 5.41) is 0. The molecule has 0 aliphatic heterocycles. The molecule has 0 heteroatoms. The predicted molar refractivity (Wildman–Crippen MR) is 62.2 cm³/mol. The van der Waals surface area contributed by atoms with Crippen LogP contribution in [0.4, 0.5) is 0 Å². The lowest BCUT2D eigenvalue weighted by Crippen LogP contribution is -1.95. The predicted octanol–water partition coefficient (Wildman–Crippen LogP) is 4.54. The van der Waals surface area contributed by atoms with Crippen molar-refractivity contribution in [1.82, 2.24) is 0 Å². The van der Waals surface area contributed by atoms with E-state index in [0.29, 0.717) is 0 Å². The first kappa shape index (κ1) is 9.76. The second-order valence-electron chi connectivity index (χ2n) is 4.46. The Balaban J connectivity index is 2.23. The van der Waals surface area contributed by atoms with Gasteiger partial charge in [-0.25, -0.2) is 0 Å². The molecule has 2 rings (SSSR count). The molecule has 0 amide bonds. The van der Waals surface area contributed by atoms with Crippen molar-refractivity contribution < 1.29 is 0 Å². The van der Waals surface area contributed by atoms with E-state index in [1.807, 2.05) is 0 Å². The summed E-state index contributed by atoms with van der Waals surface area (Å²) in [6.07, 6.45) is 11.4. The molecule has 14 heavy (non-hydrogen) atoms. The SMILES string of the molecule is C=C1C/C(=C\CCC)C2=C1CCCC2. The zero-order chi connectivity index (χ0) is 9.97. The van der Waals surface area contributed by atoms with Gasteiger partial charge in [-0.3, -0.25) is 0 Å². The molecular weight excluding hydrogens is 168 g/mol. The topological polar surface area (TPSA) is 0 Å². The summed E-state index contributed by atoms with van der Waals surface area (Å²) in [6, 6.07) is 0. The Morgan fingerprint density at radius 2 is 1.93 bits per heavy atom. The molecule has 0 radical (unpaired) electrons. The van der Waals surface area contributed by atoms with Crippen LogP contribution in [0.2, 0.25) is 0 Å². The minimum Gasteiger partial charge on any atom is -0.0952 e. The molecule has 0 nitrogen and oxygen atoms in total. The van der Waals surface area contributed by atoms with Crippen molar-refractivity contribution in [3.8, 4) is 0 Å². The third-order valence-electron chi connectivity index (χ3n) is 3.37. The average Bonchev–Trinajstić information content (AvgIpc) is 2.54. The van der Waals surface area contributed by atoms with E-state index in [9.17, 15) is 0 Å². The van der Waals surface area contributed by atoms with Gasteiger partial charge in [-0.1, -0.05) is 26.0 Å². The molecule has 0 saturated carbocycles. The minimum atomic E-state index is 1.14. The molecule has 0 spiro atoms. The molecule has 76 valence electrons. The van der Waals surface area contributed by atoms with Crippen LogP contribution in [0.15, 0.2) is 34.9 Å². The number of unbranched alkanes of at least 4 members (excludes halogenated alkanes) is 1. The van der Waals surface area contributed by atoms with Crippen molar-refractivity contribution in [2.75, 3.05) is 0 Å². The maximum Gasteiger partial charge on any atom is -0.00291 e. The number of allylic oxidation sites excluding steroid dienone is 5. The van der Waals surface area contributed by atoms with E-state index < -0.39 is 0 Å². The van der Waals surface area contributed by atoms with Gasteiger partial charge in [0.2, 0.25) is 0 Å². The fourth-order valence-corrected chi connectivity index (χ4v) is 2.61. The second kappa shape index (κ2) is 4.16. The highest BCUT2D eigenvalue weighted by Gasteiger charge is 2.24. The molecule has 0 N–H and O–H groups in total. The molecule has 0 aromatic carbocycles. The van der Waals surface area contributed by atoms with Gasteiger partial charge in [0.1, 0.15) is 0 Å². The van der Waals surface area contributed by atoms with E-state index in [-0.39, 0.29) is 0 Å². The molecule has 0 heterocycles. The molecule has 0 atom stereocenters. The zero-order valence-electron chi connectivity index (χ0n) is 9.23. The van der Waals surface area contributed by atoms with Crippen molar-refractivity contribution in [2.45, 2.75) is 51.9 Å². The fraction of sp³-hybridized carbons (Fsp3) is 0.571. The lowest BCUT2D eigenvalue weighted by atomic mass is 9.91. The van der Waals surface area contributed by atoms with Crippen LogP contribution < -0.4 is 0 Å². The number of rotatable bonds is 2. The Morgan fingerprint density at radius 1 is 1.21 bits per heavy atom. The van der Waals surface area contributed by atoms with Gasteiger partial charge in [-0.15, -0.1) is 0 Å². The lowest BCUT2D eigenvalue weighted by molar-refractivity contribution is 0.693. The van der Waals surface area contributed by atoms with Gasteiger partial charge in [0.25, 0.3) is 0 Å². The molecule has 0 aromatic rings. The Kier molecular flexibility index (Phi) is 2.90. The Morgan fingerprint density at radius 3 is 2.64 bits per heavy atom. The highest BCUT2D eigenvalue weighted by molar-refractivity contribution is 5.54. The highest BCUT2D eigenvalue weighted by Crippen LogP contribution is 2.43. The zero-order valence-corrected chi connectivity index (χ0v) is 9.23. The van der Waals surface area contributed by atoms with E-state index in [0.717, 1.165) is 6.42 Å². The third-order valence-corrected chi connectivity index (χ3v) is 3.37. The van der Waals surface area contributed by atoms with Crippen molar-refractivity contribution in [1.29, 1.82) is 0 Å². The maximum absolute atomic E-state index is 4.20. The van der Waals surface area contributed by atoms with Gasteiger partial charge >= 0.3 is 0 Å². The van der Waals surface area contributed by atoms with Crippen molar-refractivity contribution in [2.24, 2.45) is 0 Å². The van der Waals surface area contributed by atoms with Crippen LogP contribution in [0.25, 0.3) is 0 Å². The number of hydrogen-bond donors (Lipinski definition) is 0. The first-order valence-electron chi connectivity index (χ1n) is 5.92. The standard InChI is InChI=1S/C14H20/c1-3-4-7-12-10-11(2)13-8-5-6-9-14(12)13/h7H,2-6,8-10H2,1H3/b12-7+. The van der Waals surface area contributed by atoms with Crippen molar-refractivity contribution in [3.05, 3.63) is 34.9 Å². The lowest BCUT2D eigenvalue weighted by Gasteiger charge is -2.14. The van der Waals surface area contributed by atoms with Gasteiger partial charge < -0.3 is 0 Å². The summed E-state index contributed by atoms with van der Waals surface area (Å²) in [7, 11) is 0. The molecular formula is C14H20. The van der Waals surface area contributed by atoms with Crippen LogP contribution in [-0.4, -0.2) is 0 Å². The first-order chi connectivity index (χ1) is 6.83. The van der Waals surface area contributed by atoms with Gasteiger partial charge in [-0.2, -0.15) is 0 Å². The van der Waals surface area contributed by atoms with Crippen molar-refractivity contribution >= 4 is 0 Å². The Hall–Kier alpha value is -0.780. The third kappa shape index (κ3) is 1.70. The van der Waals surface area contributed by atoms with Crippen LogP contribution in [0.5, 0.6) is 0 Å². The Bertz CT molecular complexity index is 302. The van der Waals surface area contributed by atoms with E-state index in [1.165, 1.54) is 44.1 Å². The van der Waals surface area contributed by atoms with Gasteiger partial charge in [0, 0.05) is 0 Å². The molecule has 0 fully saturated rings. The maximum atomic E-state index is 4.20. The summed E-state index contributed by atoms with van der Waals surface area (Å²) in [6.45, 7) is 6.45. The number of hydrogen-bond acceptors (Lipinski definition) is 0.